The van der Waals surface area contributed by atoms with E-state index in [4.69, 9.17) is 0 Å². The van der Waals surface area contributed by atoms with Crippen LogP contribution in [0.5, 0.6) is 0 Å². The van der Waals surface area contributed by atoms with Crippen molar-refractivity contribution in [3.8, 4) is 0 Å². The average molecular weight is 461 g/mol. The minimum Gasteiger partial charge on any atom is -0.286 e. The summed E-state index contributed by atoms with van der Waals surface area (Å²) in [6, 6.07) is 10.5. The maximum absolute atomic E-state index is 13.0. The summed E-state index contributed by atoms with van der Waals surface area (Å²) in [6.07, 6.45) is 0.919. The number of benzene rings is 2. The molecule has 1 amide bonds. The Bertz CT molecular complexity index is 1250. The number of carbonyl (C=O) groups excluding carboxylic acids is 1. The summed E-state index contributed by atoms with van der Waals surface area (Å²) in [5.74, 6) is -2.14. The number of halogens is 1. The summed E-state index contributed by atoms with van der Waals surface area (Å²) in [7, 11) is -4.06. The van der Waals surface area contributed by atoms with E-state index in [0.29, 0.717) is 0 Å². The fourth-order valence-corrected chi connectivity index (χ4v) is 3.26. The molecule has 166 valence electrons. The summed E-state index contributed by atoms with van der Waals surface area (Å²) in [5.41, 5.74) is 6.85. The van der Waals surface area contributed by atoms with Gasteiger partial charge in [-0.15, -0.1) is 4.83 Å². The lowest BCUT2D eigenvalue weighted by atomic mass is 10.2. The Balaban J connectivity index is 1.77. The van der Waals surface area contributed by atoms with Gasteiger partial charge in [0.25, 0.3) is 15.9 Å². The Kier molecular flexibility index (Phi) is 6.56. The third kappa shape index (κ3) is 5.30. The van der Waals surface area contributed by atoms with Crippen LogP contribution in [0.3, 0.4) is 0 Å². The molecule has 0 aliphatic carbocycles. The van der Waals surface area contributed by atoms with Crippen LogP contribution < -0.4 is 21.1 Å². The van der Waals surface area contributed by atoms with Crippen LogP contribution in [0.2, 0.25) is 0 Å². The topological polar surface area (TPSA) is 168 Å². The fraction of sp³-hybridized carbons (Fsp3) is 0.0556. The first-order valence-corrected chi connectivity index (χ1v) is 10.3. The van der Waals surface area contributed by atoms with E-state index < -0.39 is 44.0 Å². The Labute approximate surface area is 181 Å². The first kappa shape index (κ1) is 22.5. The lowest BCUT2D eigenvalue weighted by molar-refractivity contribution is -0.383. The Morgan fingerprint density at radius 3 is 2.19 bits per heavy atom. The second-order valence-electron chi connectivity index (χ2n) is 6.31. The highest BCUT2D eigenvalue weighted by atomic mass is 32.2. The van der Waals surface area contributed by atoms with E-state index >= 15 is 0 Å². The Morgan fingerprint density at radius 2 is 1.59 bits per heavy atom. The number of amides is 1. The zero-order valence-corrected chi connectivity index (χ0v) is 17.2. The van der Waals surface area contributed by atoms with E-state index in [1.807, 2.05) is 4.83 Å². The largest absolute Gasteiger partial charge is 0.356 e. The van der Waals surface area contributed by atoms with Gasteiger partial charge in [-0.25, -0.2) is 22.8 Å². The molecule has 3 aromatic rings. The van der Waals surface area contributed by atoms with E-state index in [1.165, 1.54) is 24.3 Å². The van der Waals surface area contributed by atoms with Crippen molar-refractivity contribution in [1.29, 1.82) is 0 Å². The van der Waals surface area contributed by atoms with Crippen molar-refractivity contribution in [2.75, 3.05) is 10.9 Å². The fourth-order valence-electron chi connectivity index (χ4n) is 2.42. The number of hydrogen-bond donors (Lipinski definition) is 4. The number of hydrogen-bond acceptors (Lipinski definition) is 9. The molecular formula is C18H16FN7O5S. The van der Waals surface area contributed by atoms with Crippen molar-refractivity contribution in [2.24, 2.45) is 0 Å². The minimum atomic E-state index is -4.06. The molecule has 0 fully saturated rings. The molecule has 3 rings (SSSR count). The zero-order valence-electron chi connectivity index (χ0n) is 16.4. The number of aromatic nitrogens is 2. The van der Waals surface area contributed by atoms with E-state index in [0.717, 1.165) is 24.0 Å². The number of nitrogens with zero attached hydrogens (tertiary/aromatic N) is 3. The van der Waals surface area contributed by atoms with Gasteiger partial charge in [0.1, 0.15) is 12.1 Å². The van der Waals surface area contributed by atoms with Gasteiger partial charge < -0.3 is 0 Å². The standard InChI is InChI=1S/C18H16FN7O5S/c1-11-2-8-14(9-3-11)32(30,31)25-23-17-15(26(28)29)16(20-10-21-17)22-24-18(27)12-4-6-13(19)7-5-12/h2-10,25H,1H3,(H,24,27)(H2,20,21,22,23). The van der Waals surface area contributed by atoms with Crippen LogP contribution in [-0.2, 0) is 10.0 Å². The molecule has 14 heteroatoms. The number of anilines is 2. The third-order valence-corrected chi connectivity index (χ3v) is 5.30. The summed E-state index contributed by atoms with van der Waals surface area (Å²) in [6.45, 7) is 1.79. The zero-order chi connectivity index (χ0) is 23.3. The Hall–Kier alpha value is -4.17. The van der Waals surface area contributed by atoms with Crippen LogP contribution in [0.4, 0.5) is 21.7 Å². The van der Waals surface area contributed by atoms with Crippen LogP contribution in [0.25, 0.3) is 0 Å². The van der Waals surface area contributed by atoms with Crippen molar-refractivity contribution in [1.82, 2.24) is 20.2 Å². The normalized spacial score (nSPS) is 10.9. The molecular weight excluding hydrogens is 445 g/mol. The first-order valence-electron chi connectivity index (χ1n) is 8.83. The molecule has 12 nitrogen and oxygen atoms in total. The van der Waals surface area contributed by atoms with E-state index in [9.17, 15) is 27.7 Å². The van der Waals surface area contributed by atoms with Crippen LogP contribution in [0.15, 0.2) is 59.8 Å². The van der Waals surface area contributed by atoms with Gasteiger partial charge in [-0.1, -0.05) is 17.7 Å². The predicted molar refractivity (Wildman–Crippen MR) is 111 cm³/mol. The number of nitro groups is 1. The minimum absolute atomic E-state index is 0.0720. The van der Waals surface area contributed by atoms with Crippen LogP contribution >= 0.6 is 0 Å². The molecule has 0 atom stereocenters. The second kappa shape index (κ2) is 9.32. The number of nitrogens with one attached hydrogen (secondary N) is 4. The number of carbonyl (C=O) groups is 1. The molecule has 0 aliphatic heterocycles. The molecule has 0 spiro atoms. The molecule has 0 saturated carbocycles. The molecule has 2 aromatic carbocycles. The van der Waals surface area contributed by atoms with Gasteiger partial charge in [-0.3, -0.25) is 31.2 Å². The number of sulfonamides is 1. The van der Waals surface area contributed by atoms with E-state index in [2.05, 4.69) is 26.2 Å². The number of rotatable bonds is 8. The van der Waals surface area contributed by atoms with Crippen molar-refractivity contribution >= 4 is 33.3 Å². The maximum Gasteiger partial charge on any atom is 0.356 e. The van der Waals surface area contributed by atoms with Crippen LogP contribution in [-0.4, -0.2) is 29.2 Å². The number of aryl methyl sites for hydroxylation is 1. The quantitative estimate of drug-likeness (QED) is 0.289. The molecule has 0 aliphatic rings. The van der Waals surface area contributed by atoms with Gasteiger partial charge in [0.2, 0.25) is 11.6 Å². The van der Waals surface area contributed by atoms with Crippen LogP contribution in [0.1, 0.15) is 15.9 Å². The monoisotopic (exact) mass is 461 g/mol. The lowest BCUT2D eigenvalue weighted by Crippen LogP contribution is -2.32. The highest BCUT2D eigenvalue weighted by Gasteiger charge is 2.25. The SMILES string of the molecule is Cc1ccc(S(=O)(=O)NNc2ncnc(NNC(=O)c3ccc(F)cc3)c2[N+](=O)[O-])cc1. The molecule has 32 heavy (non-hydrogen) atoms. The third-order valence-electron chi connectivity index (χ3n) is 4.04. The Morgan fingerprint density at radius 1 is 1.00 bits per heavy atom. The van der Waals surface area contributed by atoms with Gasteiger partial charge in [0, 0.05) is 5.56 Å². The summed E-state index contributed by atoms with van der Waals surface area (Å²) in [4.78, 5) is 32.1. The van der Waals surface area contributed by atoms with Gasteiger partial charge in [0.05, 0.1) is 9.82 Å². The highest BCUT2D eigenvalue weighted by Crippen LogP contribution is 2.28. The van der Waals surface area contributed by atoms with Gasteiger partial charge in [0.15, 0.2) is 0 Å². The highest BCUT2D eigenvalue weighted by molar-refractivity contribution is 7.89. The van der Waals surface area contributed by atoms with Crippen molar-refractivity contribution in [3.05, 3.63) is 81.9 Å². The van der Waals surface area contributed by atoms with Crippen molar-refractivity contribution in [2.45, 2.75) is 11.8 Å². The smallest absolute Gasteiger partial charge is 0.286 e. The first-order chi connectivity index (χ1) is 15.2. The van der Waals surface area contributed by atoms with E-state index in [-0.39, 0.29) is 10.5 Å². The molecule has 0 unspecified atom stereocenters. The predicted octanol–water partition coefficient (Wildman–Crippen LogP) is 1.89. The van der Waals surface area contributed by atoms with Gasteiger partial charge in [-0.2, -0.15) is 0 Å². The van der Waals surface area contributed by atoms with E-state index in [1.54, 1.807) is 19.1 Å². The van der Waals surface area contributed by atoms with Crippen molar-refractivity contribution < 1.29 is 22.5 Å². The van der Waals surface area contributed by atoms with Gasteiger partial charge >= 0.3 is 5.69 Å². The molecule has 1 heterocycles. The number of hydrazine groups is 2. The molecule has 4 N–H and O–H groups in total. The molecule has 0 saturated heterocycles. The van der Waals surface area contributed by atoms with Gasteiger partial charge in [-0.05, 0) is 43.3 Å². The average Bonchev–Trinajstić information content (AvgIpc) is 2.76. The summed E-state index contributed by atoms with van der Waals surface area (Å²) in [5, 5.41) is 11.5. The van der Waals surface area contributed by atoms with Crippen molar-refractivity contribution in [3.63, 3.8) is 0 Å². The summed E-state index contributed by atoms with van der Waals surface area (Å²) < 4.78 is 37.8. The maximum atomic E-state index is 13.0. The molecule has 0 radical (unpaired) electrons. The van der Waals surface area contributed by atoms with Crippen LogP contribution in [0, 0.1) is 22.9 Å². The second-order valence-corrected chi connectivity index (χ2v) is 7.99. The molecule has 0 bridgehead atoms. The molecule has 1 aromatic heterocycles. The lowest BCUT2D eigenvalue weighted by Gasteiger charge is -2.12. The summed E-state index contributed by atoms with van der Waals surface area (Å²) >= 11 is 0.